The first-order valence-corrected chi connectivity index (χ1v) is 16.5. The molecule has 0 unspecified atom stereocenters. The van der Waals surface area contributed by atoms with Crippen LogP contribution in [0.4, 0.5) is 9.80 Å². The number of aryl methyl sites for hydroxylation is 2. The predicted molar refractivity (Wildman–Crippen MR) is 151 cm³/mol. The summed E-state index contributed by atoms with van der Waals surface area (Å²) in [7, 11) is -1.36. The average molecular weight is 555 g/mol. The van der Waals surface area contributed by atoms with Crippen molar-refractivity contribution in [3.05, 3.63) is 71.5 Å². The second-order valence-corrected chi connectivity index (χ2v) is 14.6. The molecule has 10 heteroatoms. The van der Waals surface area contributed by atoms with Gasteiger partial charge in [0.05, 0.1) is 25.0 Å². The number of hydrogen-bond donors (Lipinski definition) is 2. The van der Waals surface area contributed by atoms with E-state index in [2.05, 4.69) is 22.6 Å². The highest BCUT2D eigenvalue weighted by Gasteiger charge is 2.50. The van der Waals surface area contributed by atoms with Gasteiger partial charge < -0.3 is 24.0 Å². The molecule has 2 aromatic carbocycles. The lowest BCUT2D eigenvalue weighted by atomic mass is 9.95. The molecule has 0 saturated carbocycles. The van der Waals surface area contributed by atoms with Crippen LogP contribution >= 0.6 is 0 Å². The van der Waals surface area contributed by atoms with E-state index >= 15 is 4.11 Å². The molecule has 1 aromatic heterocycles. The number of benzene rings is 2. The van der Waals surface area contributed by atoms with E-state index in [9.17, 15) is 4.79 Å². The van der Waals surface area contributed by atoms with Crippen molar-refractivity contribution in [2.75, 3.05) is 19.0 Å². The molecule has 1 saturated heterocycles. The number of aromatic nitrogens is 3. The van der Waals surface area contributed by atoms with Crippen molar-refractivity contribution >= 4 is 20.0 Å². The van der Waals surface area contributed by atoms with Crippen LogP contribution in [-0.2, 0) is 24.1 Å². The van der Waals surface area contributed by atoms with E-state index in [1.807, 2.05) is 30.5 Å². The van der Waals surface area contributed by atoms with Gasteiger partial charge in [0.2, 0.25) is 8.41 Å². The molecule has 1 fully saturated rings. The maximum atomic E-state index is 15.4. The number of anilines is 1. The molecule has 3 aromatic rings. The van der Waals surface area contributed by atoms with Gasteiger partial charge in [0.1, 0.15) is 5.75 Å². The third-order valence-corrected chi connectivity index (χ3v) is 10.1. The smallest absolute Gasteiger partial charge is 0.255 e. The van der Waals surface area contributed by atoms with Crippen LogP contribution in [0, 0.1) is 5.92 Å². The van der Waals surface area contributed by atoms with Crippen molar-refractivity contribution in [3.8, 4) is 5.75 Å². The van der Waals surface area contributed by atoms with Crippen LogP contribution in [0.5, 0.6) is 5.75 Å². The molecule has 39 heavy (non-hydrogen) atoms. The minimum Gasteiger partial charge on any atom is -0.497 e. The number of aliphatic hydroxyl groups excluding tert-OH is 1. The Kier molecular flexibility index (Phi) is 9.52. The van der Waals surface area contributed by atoms with Gasteiger partial charge in [-0.05, 0) is 80.2 Å². The van der Waals surface area contributed by atoms with Gasteiger partial charge in [-0.3, -0.25) is 9.48 Å². The quantitative estimate of drug-likeness (QED) is 0.240. The van der Waals surface area contributed by atoms with Crippen LogP contribution in [0.2, 0.25) is 18.6 Å². The van der Waals surface area contributed by atoms with E-state index in [0.29, 0.717) is 30.7 Å². The Bertz CT molecular complexity index is 1210. The Hall–Kier alpha value is -3.08. The molecule has 2 heterocycles. The third kappa shape index (κ3) is 7.52. The second-order valence-electron chi connectivity index (χ2n) is 10.8. The molecular formula is C29H39FN4O4Si. The molecule has 1 aliphatic rings. The number of halogens is 1. The largest absolute Gasteiger partial charge is 0.497 e. The lowest BCUT2D eigenvalue weighted by molar-refractivity contribution is 0.0247. The molecule has 0 aliphatic carbocycles. The molecular weight excluding hydrogens is 515 g/mol. The molecule has 4 atom stereocenters. The Labute approximate surface area is 230 Å². The number of amides is 1. The van der Waals surface area contributed by atoms with E-state index in [4.69, 9.17) is 14.6 Å². The fraction of sp³-hybridized carbons (Fsp3) is 0.483. The Morgan fingerprint density at radius 2 is 1.82 bits per heavy atom. The van der Waals surface area contributed by atoms with Crippen molar-refractivity contribution < 1.29 is 23.5 Å². The van der Waals surface area contributed by atoms with Crippen molar-refractivity contribution in [2.24, 2.45) is 5.92 Å². The van der Waals surface area contributed by atoms with Crippen LogP contribution in [0.3, 0.4) is 0 Å². The SMILES string of the molecule is COc1ccc(C(=O)Nc2ccc(CC[C@H]3O[C@@H](CCn4cc(CCO)nn4)[C@H]([Si](C)(C)F)[C@H]3C)cc2)cc1. The monoisotopic (exact) mass is 554 g/mol. The van der Waals surface area contributed by atoms with Crippen LogP contribution in [0.25, 0.3) is 0 Å². The number of rotatable bonds is 12. The van der Waals surface area contributed by atoms with Crippen molar-refractivity contribution in [2.45, 2.75) is 70.0 Å². The summed E-state index contributed by atoms with van der Waals surface area (Å²) in [5, 5.41) is 20.2. The van der Waals surface area contributed by atoms with Gasteiger partial charge >= 0.3 is 0 Å². The van der Waals surface area contributed by atoms with Gasteiger partial charge in [0.15, 0.2) is 0 Å². The number of nitrogens with zero attached hydrogens (tertiary/aromatic N) is 3. The number of nitrogens with one attached hydrogen (secondary N) is 1. The summed E-state index contributed by atoms with van der Waals surface area (Å²) in [5.41, 5.74) is 3.09. The fourth-order valence-corrected chi connectivity index (χ4v) is 8.19. The van der Waals surface area contributed by atoms with Gasteiger partial charge in [0, 0.05) is 42.6 Å². The lowest BCUT2D eigenvalue weighted by Crippen LogP contribution is -2.36. The maximum absolute atomic E-state index is 15.4. The van der Waals surface area contributed by atoms with Crippen molar-refractivity contribution in [1.82, 2.24) is 15.0 Å². The van der Waals surface area contributed by atoms with Gasteiger partial charge in [-0.1, -0.05) is 24.3 Å². The number of methoxy groups -OCH3 is 1. The van der Waals surface area contributed by atoms with Crippen molar-refractivity contribution in [1.29, 1.82) is 0 Å². The normalized spacial score (nSPS) is 21.2. The molecule has 0 radical (unpaired) electrons. The minimum absolute atomic E-state index is 0.0160. The highest BCUT2D eigenvalue weighted by molar-refractivity contribution is 6.72. The van der Waals surface area contributed by atoms with E-state index in [1.54, 1.807) is 49.2 Å². The average Bonchev–Trinajstić information content (AvgIpc) is 3.50. The molecule has 1 amide bonds. The summed E-state index contributed by atoms with van der Waals surface area (Å²) in [4.78, 5) is 12.5. The predicted octanol–water partition coefficient (Wildman–Crippen LogP) is 5.05. The third-order valence-electron chi connectivity index (χ3n) is 7.57. The van der Waals surface area contributed by atoms with E-state index in [1.165, 1.54) is 0 Å². The summed E-state index contributed by atoms with van der Waals surface area (Å²) in [5.74, 6) is 0.657. The highest BCUT2D eigenvalue weighted by atomic mass is 28.4. The van der Waals surface area contributed by atoms with E-state index in [0.717, 1.165) is 29.8 Å². The zero-order valence-electron chi connectivity index (χ0n) is 23.1. The van der Waals surface area contributed by atoms with Gasteiger partial charge in [-0.15, -0.1) is 5.10 Å². The summed E-state index contributed by atoms with van der Waals surface area (Å²) in [6.45, 7) is 6.32. The molecule has 0 spiro atoms. The Balaban J connectivity index is 1.32. The topological polar surface area (TPSA) is 98.5 Å². The van der Waals surface area contributed by atoms with Crippen molar-refractivity contribution in [3.63, 3.8) is 0 Å². The zero-order chi connectivity index (χ0) is 28.0. The lowest BCUT2D eigenvalue weighted by Gasteiger charge is -2.28. The summed E-state index contributed by atoms with van der Waals surface area (Å²) >= 11 is 0. The fourth-order valence-electron chi connectivity index (χ4n) is 5.59. The first-order valence-electron chi connectivity index (χ1n) is 13.6. The number of hydrogen-bond acceptors (Lipinski definition) is 6. The van der Waals surface area contributed by atoms with Crippen LogP contribution in [0.1, 0.15) is 41.4 Å². The van der Waals surface area contributed by atoms with Gasteiger partial charge in [0.25, 0.3) is 5.91 Å². The molecule has 210 valence electrons. The number of carbonyl (C=O) groups excluding carboxylic acids is 1. The number of carbonyl (C=O) groups is 1. The molecule has 4 rings (SSSR count). The zero-order valence-corrected chi connectivity index (χ0v) is 24.1. The van der Waals surface area contributed by atoms with Gasteiger partial charge in [-0.25, -0.2) is 0 Å². The summed E-state index contributed by atoms with van der Waals surface area (Å²) < 4.78 is 28.8. The number of ether oxygens (including phenoxy) is 2. The first-order chi connectivity index (χ1) is 18.7. The highest BCUT2D eigenvalue weighted by Crippen LogP contribution is 2.47. The van der Waals surface area contributed by atoms with E-state index < -0.39 is 8.41 Å². The van der Waals surface area contributed by atoms with Crippen LogP contribution in [0.15, 0.2) is 54.7 Å². The molecule has 8 nitrogen and oxygen atoms in total. The van der Waals surface area contributed by atoms with E-state index in [-0.39, 0.29) is 36.2 Å². The molecule has 2 N–H and O–H groups in total. The maximum Gasteiger partial charge on any atom is 0.255 e. The standard InChI is InChI=1S/C29H39FN4O4Si/c1-20-26(38-27(28(20)39(3,4)30)15-17-34-19-24(16-18-35)32-33-34)14-7-21-5-10-23(11-6-21)31-29(36)22-8-12-25(37-2)13-9-22/h5-6,8-13,19-20,26-28,35H,7,14-18H2,1-4H3,(H,31,36)/t20-,26+,27-,28+/m0/s1. The summed E-state index contributed by atoms with van der Waals surface area (Å²) in [6, 6.07) is 14.8. The molecule has 1 aliphatic heterocycles. The summed E-state index contributed by atoms with van der Waals surface area (Å²) in [6.07, 6.45) is 4.43. The Morgan fingerprint density at radius 1 is 1.10 bits per heavy atom. The van der Waals surface area contributed by atoms with Crippen LogP contribution < -0.4 is 10.1 Å². The van der Waals surface area contributed by atoms with Gasteiger partial charge in [-0.2, -0.15) is 0 Å². The minimum atomic E-state index is -2.95. The molecule has 0 bridgehead atoms. The number of aliphatic hydroxyl groups is 1. The second kappa shape index (κ2) is 12.8. The Morgan fingerprint density at radius 3 is 2.46 bits per heavy atom. The first kappa shape index (κ1) is 28.9. The van der Waals surface area contributed by atoms with Crippen LogP contribution in [-0.4, -0.2) is 60.3 Å².